The topological polar surface area (TPSA) is 55.4 Å². The fourth-order valence-corrected chi connectivity index (χ4v) is 2.48. The Morgan fingerprint density at radius 1 is 1.39 bits per heavy atom. The van der Waals surface area contributed by atoms with Crippen LogP contribution < -0.4 is 4.72 Å². The largest absolute Gasteiger partial charge is 0.378 e. The number of halogens is 1. The molecule has 0 unspecified atom stereocenters. The van der Waals surface area contributed by atoms with Crippen LogP contribution in [-0.4, -0.2) is 26.9 Å². The summed E-state index contributed by atoms with van der Waals surface area (Å²) < 4.78 is 32.3. The lowest BCUT2D eigenvalue weighted by atomic mass is 10.2. The molecule has 0 aromatic heterocycles. The lowest BCUT2D eigenvalue weighted by molar-refractivity contribution is 0.0913. The summed E-state index contributed by atoms with van der Waals surface area (Å²) >= 11 is 3.37. The molecule has 1 aromatic rings. The van der Waals surface area contributed by atoms with Crippen molar-refractivity contribution in [2.45, 2.75) is 26.9 Å². The van der Waals surface area contributed by atoms with E-state index in [1.807, 2.05) is 26.8 Å². The highest BCUT2D eigenvalue weighted by molar-refractivity contribution is 9.10. The molecule has 0 spiro atoms. The normalized spacial score (nSPS) is 11.8. The Morgan fingerprint density at radius 2 is 2.06 bits per heavy atom. The van der Waals surface area contributed by atoms with Crippen LogP contribution in [-0.2, 0) is 14.8 Å². The first-order chi connectivity index (χ1) is 8.30. The van der Waals surface area contributed by atoms with Crippen LogP contribution in [0.3, 0.4) is 0 Å². The van der Waals surface area contributed by atoms with E-state index in [0.717, 1.165) is 10.0 Å². The van der Waals surface area contributed by atoms with Crippen LogP contribution in [0.15, 0.2) is 22.7 Å². The first kappa shape index (κ1) is 15.5. The van der Waals surface area contributed by atoms with E-state index in [2.05, 4.69) is 20.7 Å². The van der Waals surface area contributed by atoms with Gasteiger partial charge in [-0.1, -0.05) is 15.9 Å². The van der Waals surface area contributed by atoms with Gasteiger partial charge in [0.25, 0.3) is 0 Å². The SMILES string of the molecule is Cc1cc(NS(=O)(=O)CCOC(C)C)ccc1Br. The zero-order chi connectivity index (χ0) is 13.8. The maximum Gasteiger partial charge on any atom is 0.235 e. The molecule has 1 rings (SSSR count). The quantitative estimate of drug-likeness (QED) is 0.869. The Bertz CT molecular complexity index is 500. The minimum absolute atomic E-state index is 0.0372. The van der Waals surface area contributed by atoms with Crippen molar-refractivity contribution >= 4 is 31.6 Å². The van der Waals surface area contributed by atoms with E-state index in [-0.39, 0.29) is 18.5 Å². The number of benzene rings is 1. The summed E-state index contributed by atoms with van der Waals surface area (Å²) in [6.07, 6.45) is 0.0372. The average Bonchev–Trinajstić information content (AvgIpc) is 2.22. The van der Waals surface area contributed by atoms with E-state index in [0.29, 0.717) is 5.69 Å². The summed E-state index contributed by atoms with van der Waals surface area (Å²) in [6, 6.07) is 5.32. The van der Waals surface area contributed by atoms with Gasteiger partial charge in [0, 0.05) is 10.2 Å². The van der Waals surface area contributed by atoms with Crippen molar-refractivity contribution in [3.8, 4) is 0 Å². The van der Waals surface area contributed by atoms with Gasteiger partial charge in [-0.15, -0.1) is 0 Å². The van der Waals surface area contributed by atoms with Gasteiger partial charge < -0.3 is 4.74 Å². The molecule has 102 valence electrons. The van der Waals surface area contributed by atoms with Gasteiger partial charge in [-0.3, -0.25) is 4.72 Å². The Balaban J connectivity index is 2.62. The standard InChI is InChI=1S/C12H18BrNO3S/c1-9(2)17-6-7-18(15,16)14-11-4-5-12(13)10(3)8-11/h4-5,8-9,14H,6-7H2,1-3H3. The molecular formula is C12H18BrNO3S. The summed E-state index contributed by atoms with van der Waals surface area (Å²) in [4.78, 5) is 0. The fraction of sp³-hybridized carbons (Fsp3) is 0.500. The van der Waals surface area contributed by atoms with Crippen molar-refractivity contribution < 1.29 is 13.2 Å². The van der Waals surface area contributed by atoms with E-state index in [9.17, 15) is 8.42 Å². The van der Waals surface area contributed by atoms with Gasteiger partial charge in [-0.05, 0) is 44.5 Å². The third-order valence-electron chi connectivity index (χ3n) is 2.23. The van der Waals surface area contributed by atoms with Gasteiger partial charge >= 0.3 is 0 Å². The molecule has 0 aliphatic carbocycles. The maximum absolute atomic E-state index is 11.8. The molecule has 6 heteroatoms. The van der Waals surface area contributed by atoms with Gasteiger partial charge in [0.1, 0.15) is 0 Å². The number of hydrogen-bond acceptors (Lipinski definition) is 3. The molecule has 0 saturated heterocycles. The number of ether oxygens (including phenoxy) is 1. The van der Waals surface area contributed by atoms with E-state index in [4.69, 9.17) is 4.74 Å². The minimum atomic E-state index is -3.35. The molecule has 0 amide bonds. The van der Waals surface area contributed by atoms with Crippen LogP contribution in [0.4, 0.5) is 5.69 Å². The van der Waals surface area contributed by atoms with Crippen LogP contribution in [0, 0.1) is 6.92 Å². The Morgan fingerprint density at radius 3 is 2.61 bits per heavy atom. The molecule has 0 heterocycles. The van der Waals surface area contributed by atoms with Gasteiger partial charge in [-0.25, -0.2) is 8.42 Å². The maximum atomic E-state index is 11.8. The number of anilines is 1. The Labute approximate surface area is 117 Å². The predicted octanol–water partition coefficient (Wildman–Crippen LogP) is 2.92. The molecule has 0 radical (unpaired) electrons. The lowest BCUT2D eigenvalue weighted by Crippen LogP contribution is -2.21. The van der Waals surface area contributed by atoms with Gasteiger partial charge in [-0.2, -0.15) is 0 Å². The zero-order valence-electron chi connectivity index (χ0n) is 10.7. The number of hydrogen-bond donors (Lipinski definition) is 1. The highest BCUT2D eigenvalue weighted by Crippen LogP contribution is 2.20. The highest BCUT2D eigenvalue weighted by atomic mass is 79.9. The van der Waals surface area contributed by atoms with Crippen LogP contribution in [0.2, 0.25) is 0 Å². The zero-order valence-corrected chi connectivity index (χ0v) is 13.1. The third kappa shape index (κ3) is 5.37. The highest BCUT2D eigenvalue weighted by Gasteiger charge is 2.11. The summed E-state index contributed by atoms with van der Waals surface area (Å²) in [6.45, 7) is 5.85. The van der Waals surface area contributed by atoms with Crippen molar-refractivity contribution in [1.82, 2.24) is 0 Å². The molecular weight excluding hydrogens is 318 g/mol. The number of nitrogens with one attached hydrogen (secondary N) is 1. The van der Waals surface area contributed by atoms with E-state index in [1.54, 1.807) is 12.1 Å². The van der Waals surface area contributed by atoms with Crippen molar-refractivity contribution in [3.05, 3.63) is 28.2 Å². The molecule has 4 nitrogen and oxygen atoms in total. The summed E-state index contributed by atoms with van der Waals surface area (Å²) in [5.41, 5.74) is 1.55. The first-order valence-corrected chi connectivity index (χ1v) is 8.13. The molecule has 0 aliphatic heterocycles. The average molecular weight is 336 g/mol. The van der Waals surface area contributed by atoms with Crippen LogP contribution in [0.1, 0.15) is 19.4 Å². The monoisotopic (exact) mass is 335 g/mol. The van der Waals surface area contributed by atoms with Gasteiger partial charge in [0.15, 0.2) is 0 Å². The summed E-state index contributed by atoms with van der Waals surface area (Å²) in [5, 5.41) is 0. The van der Waals surface area contributed by atoms with E-state index < -0.39 is 10.0 Å². The molecule has 18 heavy (non-hydrogen) atoms. The van der Waals surface area contributed by atoms with Crippen molar-refractivity contribution in [2.24, 2.45) is 0 Å². The second-order valence-corrected chi connectivity index (χ2v) is 7.00. The van der Waals surface area contributed by atoms with Crippen LogP contribution >= 0.6 is 15.9 Å². The number of aryl methyl sites for hydroxylation is 1. The molecule has 1 N–H and O–H groups in total. The smallest absolute Gasteiger partial charge is 0.235 e. The second-order valence-electron chi connectivity index (χ2n) is 4.30. The second kappa shape index (κ2) is 6.54. The minimum Gasteiger partial charge on any atom is -0.378 e. The van der Waals surface area contributed by atoms with Crippen molar-refractivity contribution in [1.29, 1.82) is 0 Å². The van der Waals surface area contributed by atoms with E-state index in [1.165, 1.54) is 0 Å². The van der Waals surface area contributed by atoms with Crippen LogP contribution in [0.25, 0.3) is 0 Å². The van der Waals surface area contributed by atoms with Crippen molar-refractivity contribution in [2.75, 3.05) is 17.1 Å². The molecule has 0 saturated carbocycles. The van der Waals surface area contributed by atoms with Crippen LogP contribution in [0.5, 0.6) is 0 Å². The predicted molar refractivity (Wildman–Crippen MR) is 77.4 cm³/mol. The first-order valence-electron chi connectivity index (χ1n) is 5.68. The molecule has 0 fully saturated rings. The lowest BCUT2D eigenvalue weighted by Gasteiger charge is -2.11. The van der Waals surface area contributed by atoms with Crippen molar-refractivity contribution in [3.63, 3.8) is 0 Å². The summed E-state index contributed by atoms with van der Waals surface area (Å²) in [7, 11) is -3.35. The molecule has 1 aromatic carbocycles. The van der Waals surface area contributed by atoms with Gasteiger partial charge in [0.05, 0.1) is 18.5 Å². The molecule has 0 bridgehead atoms. The number of sulfonamides is 1. The Hall–Kier alpha value is -0.590. The third-order valence-corrected chi connectivity index (χ3v) is 4.38. The molecule has 0 atom stereocenters. The molecule has 0 aliphatic rings. The summed E-state index contributed by atoms with van der Waals surface area (Å²) in [5.74, 6) is -0.0414. The number of rotatable bonds is 6. The van der Waals surface area contributed by atoms with E-state index >= 15 is 0 Å². The Kier molecular flexibility index (Phi) is 5.62. The fourth-order valence-electron chi connectivity index (χ4n) is 1.33. The van der Waals surface area contributed by atoms with Gasteiger partial charge in [0.2, 0.25) is 10.0 Å².